The summed E-state index contributed by atoms with van der Waals surface area (Å²) in [5.41, 5.74) is -1.15. The van der Waals surface area contributed by atoms with E-state index in [1.807, 2.05) is 0 Å². The van der Waals surface area contributed by atoms with E-state index in [-0.39, 0.29) is 13.2 Å². The zero-order chi connectivity index (χ0) is 11.9. The van der Waals surface area contributed by atoms with Gasteiger partial charge in [0, 0.05) is 0 Å². The molecule has 0 aliphatic carbocycles. The van der Waals surface area contributed by atoms with Gasteiger partial charge in [0.25, 0.3) is 0 Å². The second kappa shape index (κ2) is 6.73. The van der Waals surface area contributed by atoms with Crippen LogP contribution in [0.1, 0.15) is 0 Å². The van der Waals surface area contributed by atoms with Gasteiger partial charge in [-0.05, 0) is 14.1 Å². The van der Waals surface area contributed by atoms with Gasteiger partial charge < -0.3 is 20.1 Å². The topological polar surface area (TPSA) is 90.2 Å². The van der Waals surface area contributed by atoms with E-state index in [9.17, 15) is 4.79 Å². The highest BCUT2D eigenvalue weighted by molar-refractivity contribution is 5.71. The number of aliphatic hydroxyl groups excluding tert-OH is 3. The van der Waals surface area contributed by atoms with Crippen LogP contribution in [0, 0.1) is 5.41 Å². The molecular formula is C9H19NO5. The van der Waals surface area contributed by atoms with Crippen LogP contribution in [-0.4, -0.2) is 73.3 Å². The smallest absolute Gasteiger partial charge is 0.320 e. The van der Waals surface area contributed by atoms with E-state index in [1.54, 1.807) is 19.0 Å². The number of hydrogen-bond acceptors (Lipinski definition) is 6. The minimum Gasteiger partial charge on any atom is -0.464 e. The summed E-state index contributed by atoms with van der Waals surface area (Å²) in [7, 11) is 3.44. The molecule has 0 atom stereocenters. The van der Waals surface area contributed by atoms with Gasteiger partial charge in [0.2, 0.25) is 0 Å². The van der Waals surface area contributed by atoms with Gasteiger partial charge in [0.15, 0.2) is 0 Å². The maximum atomic E-state index is 11.1. The van der Waals surface area contributed by atoms with Crippen molar-refractivity contribution in [1.82, 2.24) is 4.90 Å². The fraction of sp³-hybridized carbons (Fsp3) is 0.889. The molecule has 6 nitrogen and oxygen atoms in total. The summed E-state index contributed by atoms with van der Waals surface area (Å²) in [5.74, 6) is -0.459. The molecule has 0 rings (SSSR count). The summed E-state index contributed by atoms with van der Waals surface area (Å²) in [6.07, 6.45) is 0. The summed E-state index contributed by atoms with van der Waals surface area (Å²) in [5, 5.41) is 26.8. The van der Waals surface area contributed by atoms with Crippen LogP contribution in [-0.2, 0) is 9.53 Å². The lowest BCUT2D eigenvalue weighted by Crippen LogP contribution is -2.40. The van der Waals surface area contributed by atoms with Crippen molar-refractivity contribution >= 4 is 5.97 Å². The van der Waals surface area contributed by atoms with Gasteiger partial charge in [-0.1, -0.05) is 0 Å². The van der Waals surface area contributed by atoms with Crippen molar-refractivity contribution in [2.75, 3.05) is 47.1 Å². The quantitative estimate of drug-likeness (QED) is 0.433. The van der Waals surface area contributed by atoms with Gasteiger partial charge in [-0.3, -0.25) is 9.69 Å². The first kappa shape index (κ1) is 14.3. The molecule has 6 heteroatoms. The molecule has 0 aromatic carbocycles. The maximum absolute atomic E-state index is 11.1. The molecule has 3 N–H and O–H groups in total. The molecule has 0 unspecified atom stereocenters. The molecule has 0 aromatic rings. The zero-order valence-corrected chi connectivity index (χ0v) is 9.14. The van der Waals surface area contributed by atoms with Crippen LogP contribution in [0.2, 0.25) is 0 Å². The first-order valence-electron chi connectivity index (χ1n) is 4.62. The fourth-order valence-electron chi connectivity index (χ4n) is 0.824. The Morgan fingerprint density at radius 1 is 1.20 bits per heavy atom. The number of esters is 1. The van der Waals surface area contributed by atoms with Crippen LogP contribution < -0.4 is 0 Å². The standard InChI is InChI=1S/C9H19NO5/c1-10(2)3-8(14)15-7-9(4-11,5-12)6-13/h11-13H,3-7H2,1-2H3. The summed E-state index contributed by atoms with van der Waals surface area (Å²) in [4.78, 5) is 12.8. The van der Waals surface area contributed by atoms with Crippen LogP contribution >= 0.6 is 0 Å². The lowest BCUT2D eigenvalue weighted by Gasteiger charge is -2.26. The van der Waals surface area contributed by atoms with Crippen molar-refractivity contribution in [3.8, 4) is 0 Å². The SMILES string of the molecule is CN(C)CC(=O)OCC(CO)(CO)CO. The zero-order valence-electron chi connectivity index (χ0n) is 9.14. The van der Waals surface area contributed by atoms with Gasteiger partial charge in [-0.15, -0.1) is 0 Å². The molecule has 0 aromatic heterocycles. The molecular weight excluding hydrogens is 202 g/mol. The van der Waals surface area contributed by atoms with Gasteiger partial charge in [0.05, 0.1) is 31.8 Å². The summed E-state index contributed by atoms with van der Waals surface area (Å²) >= 11 is 0. The number of ether oxygens (including phenoxy) is 1. The molecule has 0 fully saturated rings. The van der Waals surface area contributed by atoms with E-state index in [0.29, 0.717) is 0 Å². The van der Waals surface area contributed by atoms with Crippen molar-refractivity contribution < 1.29 is 24.9 Å². The molecule has 0 bridgehead atoms. The summed E-state index contributed by atoms with van der Waals surface area (Å²) < 4.78 is 4.83. The number of hydrogen-bond donors (Lipinski definition) is 3. The highest BCUT2D eigenvalue weighted by atomic mass is 16.5. The summed E-state index contributed by atoms with van der Waals surface area (Å²) in [6, 6.07) is 0. The number of likely N-dealkylation sites (N-methyl/N-ethyl adjacent to an activating group) is 1. The van der Waals surface area contributed by atoms with Gasteiger partial charge in [-0.2, -0.15) is 0 Å². The first-order chi connectivity index (χ1) is 6.99. The van der Waals surface area contributed by atoms with Crippen LogP contribution in [0.25, 0.3) is 0 Å². The predicted molar refractivity (Wildman–Crippen MR) is 53.2 cm³/mol. The highest BCUT2D eigenvalue weighted by Gasteiger charge is 2.30. The Bertz CT molecular complexity index is 183. The Kier molecular flexibility index (Phi) is 6.42. The van der Waals surface area contributed by atoms with E-state index < -0.39 is 31.2 Å². The molecule has 0 heterocycles. The molecule has 0 aliphatic heterocycles. The normalized spacial score (nSPS) is 11.9. The highest BCUT2D eigenvalue weighted by Crippen LogP contribution is 2.14. The molecule has 0 spiro atoms. The monoisotopic (exact) mass is 221 g/mol. The molecule has 0 saturated carbocycles. The Labute approximate surface area is 89.1 Å². The van der Waals surface area contributed by atoms with Crippen molar-refractivity contribution in [3.63, 3.8) is 0 Å². The second-order valence-corrected chi connectivity index (χ2v) is 3.87. The van der Waals surface area contributed by atoms with Crippen LogP contribution in [0.5, 0.6) is 0 Å². The van der Waals surface area contributed by atoms with Crippen LogP contribution in [0.15, 0.2) is 0 Å². The van der Waals surface area contributed by atoms with Crippen molar-refractivity contribution in [3.05, 3.63) is 0 Å². The number of carbonyl (C=O) groups excluding carboxylic acids is 1. The number of rotatable bonds is 7. The minimum absolute atomic E-state index is 0.123. The fourth-order valence-corrected chi connectivity index (χ4v) is 0.824. The Morgan fingerprint density at radius 2 is 1.67 bits per heavy atom. The third-order valence-corrected chi connectivity index (χ3v) is 1.99. The second-order valence-electron chi connectivity index (χ2n) is 3.87. The maximum Gasteiger partial charge on any atom is 0.320 e. The van der Waals surface area contributed by atoms with Gasteiger partial charge in [0.1, 0.15) is 6.61 Å². The van der Waals surface area contributed by atoms with Gasteiger partial charge >= 0.3 is 5.97 Å². The Morgan fingerprint density at radius 3 is 2.00 bits per heavy atom. The third kappa shape index (κ3) is 5.08. The molecule has 0 aliphatic rings. The minimum atomic E-state index is -1.15. The lowest BCUT2D eigenvalue weighted by atomic mass is 9.93. The number of aliphatic hydroxyl groups is 3. The molecule has 15 heavy (non-hydrogen) atoms. The van der Waals surface area contributed by atoms with E-state index in [1.165, 1.54) is 0 Å². The van der Waals surface area contributed by atoms with E-state index in [4.69, 9.17) is 20.1 Å². The molecule has 0 radical (unpaired) electrons. The van der Waals surface area contributed by atoms with E-state index >= 15 is 0 Å². The Balaban J connectivity index is 4.05. The number of carbonyl (C=O) groups is 1. The average molecular weight is 221 g/mol. The van der Waals surface area contributed by atoms with Crippen LogP contribution in [0.4, 0.5) is 0 Å². The largest absolute Gasteiger partial charge is 0.464 e. The molecule has 0 amide bonds. The van der Waals surface area contributed by atoms with Gasteiger partial charge in [-0.25, -0.2) is 0 Å². The van der Waals surface area contributed by atoms with Crippen LogP contribution in [0.3, 0.4) is 0 Å². The van der Waals surface area contributed by atoms with Crippen molar-refractivity contribution in [2.24, 2.45) is 5.41 Å². The Hall–Kier alpha value is -0.690. The lowest BCUT2D eigenvalue weighted by molar-refractivity contribution is -0.152. The number of nitrogens with zero attached hydrogens (tertiary/aromatic N) is 1. The average Bonchev–Trinajstić information content (AvgIpc) is 2.20. The predicted octanol–water partition coefficient (Wildman–Crippen LogP) is -1.95. The van der Waals surface area contributed by atoms with E-state index in [0.717, 1.165) is 0 Å². The first-order valence-corrected chi connectivity index (χ1v) is 4.62. The van der Waals surface area contributed by atoms with Crippen molar-refractivity contribution in [2.45, 2.75) is 0 Å². The molecule has 0 saturated heterocycles. The summed E-state index contributed by atoms with van der Waals surface area (Å²) in [6.45, 7) is -1.37. The third-order valence-electron chi connectivity index (χ3n) is 1.99. The van der Waals surface area contributed by atoms with E-state index in [2.05, 4.69) is 0 Å². The van der Waals surface area contributed by atoms with Crippen molar-refractivity contribution in [1.29, 1.82) is 0 Å². The molecule has 90 valence electrons.